The molecule has 6 heteroatoms. The molecule has 1 aliphatic rings. The molecule has 2 aromatic rings. The molecular formula is C16H19N3O3. The highest BCUT2D eigenvalue weighted by molar-refractivity contribution is 5.98. The van der Waals surface area contributed by atoms with Gasteiger partial charge >= 0.3 is 0 Å². The van der Waals surface area contributed by atoms with E-state index < -0.39 is 0 Å². The van der Waals surface area contributed by atoms with E-state index in [0.717, 1.165) is 10.9 Å². The number of nitrogens with one attached hydrogen (secondary N) is 2. The number of aliphatic hydroxyl groups is 1. The third kappa shape index (κ3) is 2.69. The van der Waals surface area contributed by atoms with Gasteiger partial charge in [0.25, 0.3) is 5.91 Å². The van der Waals surface area contributed by atoms with Crippen LogP contribution in [0.1, 0.15) is 17.3 Å². The molecule has 6 nitrogen and oxygen atoms in total. The molecule has 1 aromatic heterocycles. The number of rotatable bonds is 3. The molecule has 0 bridgehead atoms. The number of fused-ring (bicyclic) bond motifs is 1. The van der Waals surface area contributed by atoms with Crippen molar-refractivity contribution in [3.8, 4) is 0 Å². The Morgan fingerprint density at radius 1 is 1.36 bits per heavy atom. The third-order valence-corrected chi connectivity index (χ3v) is 4.15. The second-order valence-corrected chi connectivity index (χ2v) is 5.74. The average molecular weight is 301 g/mol. The number of amides is 2. The van der Waals surface area contributed by atoms with Gasteiger partial charge in [-0.25, -0.2) is 0 Å². The summed E-state index contributed by atoms with van der Waals surface area (Å²) in [5.41, 5.74) is 1.53. The number of carbonyl (C=O) groups excluding carboxylic acids is 2. The minimum absolute atomic E-state index is 0.0512. The molecule has 1 fully saturated rings. The molecule has 2 atom stereocenters. The number of likely N-dealkylation sites (tertiary alicyclic amines) is 1. The number of aromatic nitrogens is 1. The van der Waals surface area contributed by atoms with E-state index in [2.05, 4.69) is 10.3 Å². The van der Waals surface area contributed by atoms with E-state index in [4.69, 9.17) is 0 Å². The van der Waals surface area contributed by atoms with E-state index in [1.807, 2.05) is 24.4 Å². The molecule has 1 aliphatic heterocycles. The summed E-state index contributed by atoms with van der Waals surface area (Å²) in [5.74, 6) is -0.351. The number of aromatic amines is 1. The lowest BCUT2D eigenvalue weighted by Gasteiger charge is -2.17. The first-order valence-electron chi connectivity index (χ1n) is 7.33. The van der Waals surface area contributed by atoms with Crippen molar-refractivity contribution < 1.29 is 14.7 Å². The Balaban J connectivity index is 1.78. The summed E-state index contributed by atoms with van der Waals surface area (Å²) in [6, 6.07) is 7.30. The van der Waals surface area contributed by atoms with Gasteiger partial charge in [-0.05, 0) is 23.6 Å². The Morgan fingerprint density at radius 2 is 2.18 bits per heavy atom. The Hall–Kier alpha value is -2.34. The second kappa shape index (κ2) is 5.81. The van der Waals surface area contributed by atoms with E-state index in [-0.39, 0.29) is 30.4 Å². The Kier molecular flexibility index (Phi) is 3.85. The fourth-order valence-electron chi connectivity index (χ4n) is 3.01. The molecule has 22 heavy (non-hydrogen) atoms. The van der Waals surface area contributed by atoms with Crippen molar-refractivity contribution >= 4 is 22.7 Å². The zero-order valence-corrected chi connectivity index (χ0v) is 12.4. The largest absolute Gasteiger partial charge is 0.396 e. The SMILES string of the molecule is CC(=O)N[C@@H]1CN(C(=O)c2ccc3cc[nH]c3c2)C[C@H]1CO. The maximum absolute atomic E-state index is 12.6. The molecular weight excluding hydrogens is 282 g/mol. The standard InChI is InChI=1S/C16H19N3O3/c1-10(21)18-15-8-19(7-13(15)9-20)16(22)12-3-2-11-4-5-17-14(11)6-12/h2-6,13,15,17,20H,7-9H2,1H3,(H,18,21)/t13-,15+/m0/s1. The molecule has 116 valence electrons. The predicted octanol–water partition coefficient (Wildman–Crippen LogP) is 0.737. The molecule has 1 saturated heterocycles. The van der Waals surface area contributed by atoms with Crippen LogP contribution in [0.3, 0.4) is 0 Å². The highest BCUT2D eigenvalue weighted by Crippen LogP contribution is 2.21. The normalized spacial score (nSPS) is 21.3. The molecule has 0 unspecified atom stereocenters. The van der Waals surface area contributed by atoms with Gasteiger partial charge in [0, 0.05) is 49.8 Å². The van der Waals surface area contributed by atoms with Crippen molar-refractivity contribution in [1.82, 2.24) is 15.2 Å². The number of aliphatic hydroxyl groups excluding tert-OH is 1. The van der Waals surface area contributed by atoms with Crippen LogP contribution in [-0.2, 0) is 4.79 Å². The van der Waals surface area contributed by atoms with Crippen molar-refractivity contribution in [2.24, 2.45) is 5.92 Å². The van der Waals surface area contributed by atoms with E-state index in [0.29, 0.717) is 18.7 Å². The van der Waals surface area contributed by atoms with Gasteiger partial charge in [-0.15, -0.1) is 0 Å². The van der Waals surface area contributed by atoms with Gasteiger partial charge in [0.1, 0.15) is 0 Å². The van der Waals surface area contributed by atoms with E-state index in [9.17, 15) is 14.7 Å². The summed E-state index contributed by atoms with van der Waals surface area (Å²) in [5, 5.41) is 13.3. The van der Waals surface area contributed by atoms with Crippen molar-refractivity contribution in [2.45, 2.75) is 13.0 Å². The van der Waals surface area contributed by atoms with Gasteiger partial charge in [-0.2, -0.15) is 0 Å². The summed E-state index contributed by atoms with van der Waals surface area (Å²) in [4.78, 5) is 28.6. The van der Waals surface area contributed by atoms with Gasteiger partial charge in [-0.3, -0.25) is 9.59 Å². The van der Waals surface area contributed by atoms with E-state index in [1.54, 1.807) is 11.0 Å². The molecule has 3 rings (SSSR count). The van der Waals surface area contributed by atoms with Crippen molar-refractivity contribution in [3.05, 3.63) is 36.0 Å². The van der Waals surface area contributed by atoms with E-state index >= 15 is 0 Å². The van der Waals surface area contributed by atoms with E-state index in [1.165, 1.54) is 6.92 Å². The lowest BCUT2D eigenvalue weighted by atomic mass is 10.1. The molecule has 0 radical (unpaired) electrons. The number of carbonyl (C=O) groups is 2. The average Bonchev–Trinajstić information content (AvgIpc) is 3.11. The number of hydrogen-bond donors (Lipinski definition) is 3. The molecule has 0 spiro atoms. The fourth-order valence-corrected chi connectivity index (χ4v) is 3.01. The Morgan fingerprint density at radius 3 is 2.91 bits per heavy atom. The number of nitrogens with zero attached hydrogens (tertiary/aromatic N) is 1. The Bertz CT molecular complexity index is 709. The van der Waals surface area contributed by atoms with Crippen LogP contribution in [0.2, 0.25) is 0 Å². The number of benzene rings is 1. The third-order valence-electron chi connectivity index (χ3n) is 4.15. The van der Waals surface area contributed by atoms with Crippen LogP contribution >= 0.6 is 0 Å². The monoisotopic (exact) mass is 301 g/mol. The van der Waals surface area contributed by atoms with Crippen LogP contribution in [0.25, 0.3) is 10.9 Å². The molecule has 2 amide bonds. The summed E-state index contributed by atoms with van der Waals surface area (Å²) in [7, 11) is 0. The van der Waals surface area contributed by atoms with Crippen LogP contribution in [0.15, 0.2) is 30.5 Å². The molecule has 3 N–H and O–H groups in total. The number of hydrogen-bond acceptors (Lipinski definition) is 3. The molecule has 1 aromatic carbocycles. The highest BCUT2D eigenvalue weighted by Gasteiger charge is 2.35. The van der Waals surface area contributed by atoms with Crippen molar-refractivity contribution in [1.29, 1.82) is 0 Å². The smallest absolute Gasteiger partial charge is 0.254 e. The van der Waals surface area contributed by atoms with Crippen molar-refractivity contribution in [3.63, 3.8) is 0 Å². The molecule has 0 aliphatic carbocycles. The van der Waals surface area contributed by atoms with Gasteiger partial charge in [0.05, 0.1) is 6.04 Å². The maximum atomic E-state index is 12.6. The quantitative estimate of drug-likeness (QED) is 0.781. The summed E-state index contributed by atoms with van der Waals surface area (Å²) < 4.78 is 0. The second-order valence-electron chi connectivity index (χ2n) is 5.74. The van der Waals surface area contributed by atoms with Gasteiger partial charge < -0.3 is 20.3 Å². The zero-order chi connectivity index (χ0) is 15.7. The predicted molar refractivity (Wildman–Crippen MR) is 82.4 cm³/mol. The summed E-state index contributed by atoms with van der Waals surface area (Å²) in [6.07, 6.45) is 1.84. The maximum Gasteiger partial charge on any atom is 0.254 e. The first-order valence-corrected chi connectivity index (χ1v) is 7.33. The van der Waals surface area contributed by atoms with Crippen LogP contribution < -0.4 is 5.32 Å². The summed E-state index contributed by atoms with van der Waals surface area (Å²) >= 11 is 0. The molecule has 2 heterocycles. The molecule has 0 saturated carbocycles. The lowest BCUT2D eigenvalue weighted by molar-refractivity contribution is -0.119. The Labute approximate surface area is 128 Å². The topological polar surface area (TPSA) is 85.4 Å². The van der Waals surface area contributed by atoms with Gasteiger partial charge in [0.2, 0.25) is 5.91 Å². The fraction of sp³-hybridized carbons (Fsp3) is 0.375. The van der Waals surface area contributed by atoms with Gasteiger partial charge in [-0.1, -0.05) is 6.07 Å². The van der Waals surface area contributed by atoms with Crippen LogP contribution in [0, 0.1) is 5.92 Å². The van der Waals surface area contributed by atoms with Crippen LogP contribution in [0.4, 0.5) is 0 Å². The lowest BCUT2D eigenvalue weighted by Crippen LogP contribution is -2.40. The highest BCUT2D eigenvalue weighted by atomic mass is 16.3. The summed E-state index contributed by atoms with van der Waals surface area (Å²) in [6.45, 7) is 2.26. The number of H-pyrrole nitrogens is 1. The van der Waals surface area contributed by atoms with Crippen LogP contribution in [0.5, 0.6) is 0 Å². The van der Waals surface area contributed by atoms with Crippen LogP contribution in [-0.4, -0.2) is 52.5 Å². The first kappa shape index (κ1) is 14.6. The minimum atomic E-state index is -0.194. The van der Waals surface area contributed by atoms with Gasteiger partial charge in [0.15, 0.2) is 0 Å². The van der Waals surface area contributed by atoms with Crippen molar-refractivity contribution in [2.75, 3.05) is 19.7 Å². The first-order chi connectivity index (χ1) is 10.6. The zero-order valence-electron chi connectivity index (χ0n) is 12.4. The minimum Gasteiger partial charge on any atom is -0.396 e.